The molecule has 5 heteroatoms. The third-order valence-corrected chi connectivity index (χ3v) is 3.87. The van der Waals surface area contributed by atoms with Gasteiger partial charge in [-0.05, 0) is 29.8 Å². The fourth-order valence-electron chi connectivity index (χ4n) is 2.60. The predicted molar refractivity (Wildman–Crippen MR) is 80.3 cm³/mol. The summed E-state index contributed by atoms with van der Waals surface area (Å²) in [6.45, 7) is 0. The lowest BCUT2D eigenvalue weighted by Gasteiger charge is -2.34. The highest BCUT2D eigenvalue weighted by Crippen LogP contribution is 2.42. The second kappa shape index (κ2) is 5.87. The number of rotatable bonds is 3. The molecular weight excluding hydrogens is 284 g/mol. The van der Waals surface area contributed by atoms with Crippen LogP contribution in [-0.2, 0) is 0 Å². The SMILES string of the molecule is COc1ccc([C@@H]2Oc3cc(OC)ccc3[C@H](O)[C@H]2O)cc1. The highest BCUT2D eigenvalue weighted by Gasteiger charge is 2.37. The third kappa shape index (κ3) is 2.49. The lowest BCUT2D eigenvalue weighted by atomic mass is 9.92. The Hall–Kier alpha value is -2.24. The van der Waals surface area contributed by atoms with E-state index in [4.69, 9.17) is 14.2 Å². The number of aliphatic hydroxyl groups excluding tert-OH is 2. The van der Waals surface area contributed by atoms with Crippen molar-refractivity contribution < 1.29 is 24.4 Å². The molecule has 5 nitrogen and oxygen atoms in total. The monoisotopic (exact) mass is 302 g/mol. The summed E-state index contributed by atoms with van der Waals surface area (Å²) in [6, 6.07) is 12.3. The summed E-state index contributed by atoms with van der Waals surface area (Å²) in [5, 5.41) is 20.7. The molecule has 1 aliphatic rings. The molecule has 0 aliphatic carbocycles. The van der Waals surface area contributed by atoms with Gasteiger partial charge in [-0.1, -0.05) is 12.1 Å². The van der Waals surface area contributed by atoms with Gasteiger partial charge in [0.1, 0.15) is 29.5 Å². The summed E-state index contributed by atoms with van der Waals surface area (Å²) >= 11 is 0. The largest absolute Gasteiger partial charge is 0.497 e. The number of methoxy groups -OCH3 is 2. The maximum absolute atomic E-state index is 10.4. The van der Waals surface area contributed by atoms with Gasteiger partial charge in [0.25, 0.3) is 0 Å². The molecule has 2 N–H and O–H groups in total. The van der Waals surface area contributed by atoms with Gasteiger partial charge in [0.05, 0.1) is 14.2 Å². The molecule has 22 heavy (non-hydrogen) atoms. The van der Waals surface area contributed by atoms with Crippen molar-refractivity contribution in [3.05, 3.63) is 53.6 Å². The van der Waals surface area contributed by atoms with Crippen LogP contribution in [-0.4, -0.2) is 30.5 Å². The second-order valence-electron chi connectivity index (χ2n) is 5.15. The highest BCUT2D eigenvalue weighted by atomic mass is 16.5. The standard InChI is InChI=1S/C17H18O5/c1-20-11-5-3-10(4-6-11)17-16(19)15(18)13-8-7-12(21-2)9-14(13)22-17/h3-9,15-19H,1-2H3/t15-,16+,17-/m0/s1. The van der Waals surface area contributed by atoms with Gasteiger partial charge in [-0.3, -0.25) is 0 Å². The quantitative estimate of drug-likeness (QED) is 0.910. The molecule has 0 fully saturated rings. The van der Waals surface area contributed by atoms with E-state index in [0.717, 1.165) is 11.3 Å². The molecule has 2 aromatic carbocycles. The van der Waals surface area contributed by atoms with Crippen LogP contribution in [0.5, 0.6) is 17.2 Å². The number of hydrogen-bond donors (Lipinski definition) is 2. The summed E-state index contributed by atoms with van der Waals surface area (Å²) in [7, 11) is 3.16. The fourth-order valence-corrected chi connectivity index (χ4v) is 2.60. The van der Waals surface area contributed by atoms with E-state index < -0.39 is 18.3 Å². The molecule has 0 unspecified atom stereocenters. The van der Waals surface area contributed by atoms with Gasteiger partial charge < -0.3 is 24.4 Å². The van der Waals surface area contributed by atoms with Gasteiger partial charge in [-0.15, -0.1) is 0 Å². The summed E-state index contributed by atoms with van der Waals surface area (Å²) < 4.78 is 16.2. The van der Waals surface area contributed by atoms with Crippen LogP contribution in [0.25, 0.3) is 0 Å². The predicted octanol–water partition coefficient (Wildman–Crippen LogP) is 2.23. The van der Waals surface area contributed by atoms with Crippen molar-refractivity contribution in [2.45, 2.75) is 18.3 Å². The van der Waals surface area contributed by atoms with Crippen LogP contribution in [0.3, 0.4) is 0 Å². The first-order chi connectivity index (χ1) is 10.6. The van der Waals surface area contributed by atoms with Crippen LogP contribution >= 0.6 is 0 Å². The van der Waals surface area contributed by atoms with E-state index in [1.165, 1.54) is 0 Å². The normalized spacial score (nSPS) is 23.4. The van der Waals surface area contributed by atoms with E-state index in [9.17, 15) is 10.2 Å². The van der Waals surface area contributed by atoms with E-state index >= 15 is 0 Å². The van der Waals surface area contributed by atoms with Gasteiger partial charge in [0.2, 0.25) is 0 Å². The summed E-state index contributed by atoms with van der Waals surface area (Å²) in [4.78, 5) is 0. The van der Waals surface area contributed by atoms with Gasteiger partial charge in [-0.25, -0.2) is 0 Å². The van der Waals surface area contributed by atoms with Crippen LogP contribution in [0.4, 0.5) is 0 Å². The van der Waals surface area contributed by atoms with Crippen molar-refractivity contribution in [1.29, 1.82) is 0 Å². The molecule has 0 spiro atoms. The minimum Gasteiger partial charge on any atom is -0.497 e. The third-order valence-electron chi connectivity index (χ3n) is 3.87. The van der Waals surface area contributed by atoms with Gasteiger partial charge >= 0.3 is 0 Å². The van der Waals surface area contributed by atoms with Crippen molar-refractivity contribution in [2.24, 2.45) is 0 Å². The lowest BCUT2D eigenvalue weighted by Crippen LogP contribution is -2.34. The van der Waals surface area contributed by atoms with E-state index in [-0.39, 0.29) is 0 Å². The Bertz CT molecular complexity index is 653. The molecule has 0 aromatic heterocycles. The minimum atomic E-state index is -1.05. The van der Waals surface area contributed by atoms with Crippen LogP contribution in [0.15, 0.2) is 42.5 Å². The topological polar surface area (TPSA) is 68.2 Å². The van der Waals surface area contributed by atoms with E-state index in [0.29, 0.717) is 17.1 Å². The highest BCUT2D eigenvalue weighted by molar-refractivity contribution is 5.45. The number of ether oxygens (including phenoxy) is 3. The first-order valence-electron chi connectivity index (χ1n) is 6.98. The number of aliphatic hydroxyl groups is 2. The molecule has 1 heterocycles. The van der Waals surface area contributed by atoms with Crippen molar-refractivity contribution in [2.75, 3.05) is 14.2 Å². The van der Waals surface area contributed by atoms with E-state index in [1.54, 1.807) is 44.6 Å². The first kappa shape index (κ1) is 14.7. The van der Waals surface area contributed by atoms with Crippen molar-refractivity contribution >= 4 is 0 Å². The van der Waals surface area contributed by atoms with Gasteiger partial charge in [0, 0.05) is 11.6 Å². The summed E-state index contributed by atoms with van der Waals surface area (Å²) in [6.07, 6.45) is -2.71. The minimum absolute atomic E-state index is 0.512. The summed E-state index contributed by atoms with van der Waals surface area (Å²) in [5.41, 5.74) is 1.32. The second-order valence-corrected chi connectivity index (χ2v) is 5.15. The number of hydrogen-bond acceptors (Lipinski definition) is 5. The first-order valence-corrected chi connectivity index (χ1v) is 6.98. The molecule has 2 aromatic rings. The van der Waals surface area contributed by atoms with Crippen LogP contribution in [0.1, 0.15) is 23.3 Å². The van der Waals surface area contributed by atoms with E-state index in [2.05, 4.69) is 0 Å². The lowest BCUT2D eigenvalue weighted by molar-refractivity contribution is -0.0700. The fraction of sp³-hybridized carbons (Fsp3) is 0.294. The Kier molecular flexibility index (Phi) is 3.92. The average molecular weight is 302 g/mol. The zero-order valence-electron chi connectivity index (χ0n) is 12.4. The molecule has 3 rings (SSSR count). The molecular formula is C17H18O5. The Morgan fingerprint density at radius 1 is 0.909 bits per heavy atom. The average Bonchev–Trinajstić information content (AvgIpc) is 2.57. The van der Waals surface area contributed by atoms with Gasteiger partial charge in [0.15, 0.2) is 6.10 Å². The van der Waals surface area contributed by atoms with Crippen LogP contribution in [0.2, 0.25) is 0 Å². The molecule has 3 atom stereocenters. The van der Waals surface area contributed by atoms with Gasteiger partial charge in [-0.2, -0.15) is 0 Å². The number of fused-ring (bicyclic) bond motifs is 1. The molecule has 0 saturated carbocycles. The van der Waals surface area contributed by atoms with Crippen molar-refractivity contribution in [3.63, 3.8) is 0 Å². The Labute approximate surface area is 128 Å². The molecule has 116 valence electrons. The molecule has 0 radical (unpaired) electrons. The van der Waals surface area contributed by atoms with Crippen LogP contribution in [0, 0.1) is 0 Å². The molecule has 1 aliphatic heterocycles. The van der Waals surface area contributed by atoms with Crippen molar-refractivity contribution in [1.82, 2.24) is 0 Å². The molecule has 0 bridgehead atoms. The maximum atomic E-state index is 10.4. The number of benzene rings is 2. The summed E-state index contributed by atoms with van der Waals surface area (Å²) in [5.74, 6) is 1.87. The zero-order valence-corrected chi connectivity index (χ0v) is 12.4. The van der Waals surface area contributed by atoms with Crippen LogP contribution < -0.4 is 14.2 Å². The van der Waals surface area contributed by atoms with Crippen molar-refractivity contribution in [3.8, 4) is 17.2 Å². The Morgan fingerprint density at radius 2 is 1.55 bits per heavy atom. The zero-order chi connectivity index (χ0) is 15.7. The molecule has 0 amide bonds. The molecule has 0 saturated heterocycles. The smallest absolute Gasteiger partial charge is 0.152 e. The van der Waals surface area contributed by atoms with E-state index in [1.807, 2.05) is 12.1 Å². The maximum Gasteiger partial charge on any atom is 0.152 e. The Morgan fingerprint density at radius 3 is 2.18 bits per heavy atom. The Balaban J connectivity index is 1.95.